The molecule has 5 rings (SSSR count). The van der Waals surface area contributed by atoms with Gasteiger partial charge in [-0.25, -0.2) is 0 Å². The molecule has 8 heteroatoms. The third-order valence-corrected chi connectivity index (χ3v) is 6.10. The molecule has 3 aromatic rings. The van der Waals surface area contributed by atoms with E-state index in [0.717, 1.165) is 39.3 Å². The minimum absolute atomic E-state index is 0.280. The minimum Gasteiger partial charge on any atom is -0.493 e. The number of benzene rings is 2. The Morgan fingerprint density at radius 3 is 2.58 bits per heavy atom. The largest absolute Gasteiger partial charge is 0.493 e. The third-order valence-electron chi connectivity index (χ3n) is 6.10. The number of nitrogens with zero attached hydrogens (tertiary/aromatic N) is 3. The van der Waals surface area contributed by atoms with Crippen LogP contribution in [0.15, 0.2) is 35.1 Å². The Hall–Kier alpha value is -3.26. The van der Waals surface area contributed by atoms with E-state index in [-0.39, 0.29) is 5.56 Å². The first-order chi connectivity index (χ1) is 15.2. The Labute approximate surface area is 180 Å². The molecule has 2 aliphatic heterocycles. The zero-order valence-corrected chi connectivity index (χ0v) is 17.8. The smallest absolute Gasteiger partial charge is 0.282 e. The van der Waals surface area contributed by atoms with Crippen LogP contribution in [0.25, 0.3) is 10.9 Å². The van der Waals surface area contributed by atoms with Crippen LogP contribution in [0.3, 0.4) is 0 Å². The second-order valence-electron chi connectivity index (χ2n) is 7.80. The SMILES string of the molecule is COc1cc2[nH]c(N3CCc4c(cccc4N4CCOCC4)C3)nc(=O)c2cc1OC. The van der Waals surface area contributed by atoms with Crippen molar-refractivity contribution < 1.29 is 14.2 Å². The number of ether oxygens (including phenoxy) is 3. The van der Waals surface area contributed by atoms with Crippen molar-refractivity contribution in [3.05, 3.63) is 51.8 Å². The fourth-order valence-corrected chi connectivity index (χ4v) is 4.48. The number of rotatable bonds is 4. The summed E-state index contributed by atoms with van der Waals surface area (Å²) in [6.07, 6.45) is 0.899. The van der Waals surface area contributed by atoms with Gasteiger partial charge in [0.15, 0.2) is 11.5 Å². The normalized spacial score (nSPS) is 16.3. The van der Waals surface area contributed by atoms with Crippen LogP contribution in [0.2, 0.25) is 0 Å². The molecule has 1 fully saturated rings. The third kappa shape index (κ3) is 3.57. The van der Waals surface area contributed by atoms with Crippen molar-refractivity contribution in [1.29, 1.82) is 0 Å². The first-order valence-electron chi connectivity index (χ1n) is 10.5. The fraction of sp³-hybridized carbons (Fsp3) is 0.391. The number of morpholine rings is 1. The van der Waals surface area contributed by atoms with E-state index in [1.54, 1.807) is 26.4 Å². The fourth-order valence-electron chi connectivity index (χ4n) is 4.48. The average Bonchev–Trinajstić information content (AvgIpc) is 2.83. The second kappa shape index (κ2) is 8.11. The molecule has 8 nitrogen and oxygen atoms in total. The molecule has 3 heterocycles. The highest BCUT2D eigenvalue weighted by Crippen LogP contribution is 2.33. The van der Waals surface area contributed by atoms with Gasteiger partial charge in [-0.2, -0.15) is 4.98 Å². The van der Waals surface area contributed by atoms with E-state index in [1.165, 1.54) is 16.8 Å². The van der Waals surface area contributed by atoms with Crippen molar-refractivity contribution in [2.24, 2.45) is 0 Å². The Kier molecular flexibility index (Phi) is 5.15. The molecular formula is C23H26N4O4. The van der Waals surface area contributed by atoms with Crippen LogP contribution in [0.5, 0.6) is 11.5 Å². The van der Waals surface area contributed by atoms with Crippen LogP contribution in [-0.4, -0.2) is 57.0 Å². The van der Waals surface area contributed by atoms with Gasteiger partial charge in [-0.1, -0.05) is 12.1 Å². The summed E-state index contributed by atoms with van der Waals surface area (Å²) in [6, 6.07) is 9.94. The summed E-state index contributed by atoms with van der Waals surface area (Å²) in [5, 5.41) is 0.480. The van der Waals surface area contributed by atoms with Crippen LogP contribution < -0.4 is 24.8 Å². The van der Waals surface area contributed by atoms with Crippen LogP contribution in [-0.2, 0) is 17.7 Å². The molecular weight excluding hydrogens is 396 g/mol. The maximum absolute atomic E-state index is 12.7. The molecule has 2 aromatic carbocycles. The number of H-pyrrole nitrogens is 1. The van der Waals surface area contributed by atoms with Crippen LogP contribution in [0, 0.1) is 0 Å². The second-order valence-corrected chi connectivity index (χ2v) is 7.80. The molecule has 2 aliphatic rings. The van der Waals surface area contributed by atoms with E-state index >= 15 is 0 Å². The first kappa shape index (κ1) is 19.7. The molecule has 162 valence electrons. The molecule has 0 radical (unpaired) electrons. The van der Waals surface area contributed by atoms with Gasteiger partial charge < -0.3 is 29.0 Å². The van der Waals surface area contributed by atoms with Crippen LogP contribution in [0.4, 0.5) is 11.6 Å². The summed E-state index contributed by atoms with van der Waals surface area (Å²) >= 11 is 0. The summed E-state index contributed by atoms with van der Waals surface area (Å²) in [5.41, 5.74) is 4.36. The molecule has 1 saturated heterocycles. The highest BCUT2D eigenvalue weighted by Gasteiger charge is 2.24. The number of fused-ring (bicyclic) bond motifs is 2. The van der Waals surface area contributed by atoms with E-state index in [9.17, 15) is 4.79 Å². The van der Waals surface area contributed by atoms with E-state index in [0.29, 0.717) is 34.9 Å². The van der Waals surface area contributed by atoms with E-state index < -0.39 is 0 Å². The van der Waals surface area contributed by atoms with Gasteiger partial charge in [0.1, 0.15) is 0 Å². The summed E-state index contributed by atoms with van der Waals surface area (Å²) in [6.45, 7) is 4.87. The lowest BCUT2D eigenvalue weighted by atomic mass is 9.97. The number of nitrogens with one attached hydrogen (secondary N) is 1. The van der Waals surface area contributed by atoms with Gasteiger partial charge in [-0.15, -0.1) is 0 Å². The Bertz CT molecular complexity index is 1170. The molecule has 0 aliphatic carbocycles. The topological polar surface area (TPSA) is 79.9 Å². The minimum atomic E-state index is -0.280. The Balaban J connectivity index is 1.48. The van der Waals surface area contributed by atoms with Gasteiger partial charge in [0.05, 0.1) is 38.3 Å². The molecule has 0 amide bonds. The molecule has 31 heavy (non-hydrogen) atoms. The lowest BCUT2D eigenvalue weighted by molar-refractivity contribution is 0.122. The van der Waals surface area contributed by atoms with Crippen LogP contribution in [0.1, 0.15) is 11.1 Å². The lowest BCUT2D eigenvalue weighted by Crippen LogP contribution is -2.39. The summed E-state index contributed by atoms with van der Waals surface area (Å²) in [7, 11) is 3.13. The molecule has 1 N–H and O–H groups in total. The highest BCUT2D eigenvalue weighted by molar-refractivity contribution is 5.82. The number of anilines is 2. The molecule has 0 bridgehead atoms. The average molecular weight is 422 g/mol. The summed E-state index contributed by atoms with van der Waals surface area (Å²) in [4.78, 5) is 24.9. The van der Waals surface area contributed by atoms with Crippen LogP contribution >= 0.6 is 0 Å². The van der Waals surface area contributed by atoms with Crippen molar-refractivity contribution in [2.45, 2.75) is 13.0 Å². The maximum atomic E-state index is 12.7. The standard InChI is InChI=1S/C23H26N4O4/c1-29-20-12-17-18(13-21(20)30-2)24-23(25-22(17)28)27-7-6-16-15(14-27)4-3-5-19(16)26-8-10-31-11-9-26/h3-5,12-13H,6-11,14H2,1-2H3,(H,24,25,28). The van der Waals surface area contributed by atoms with Crippen molar-refractivity contribution in [3.63, 3.8) is 0 Å². The highest BCUT2D eigenvalue weighted by atomic mass is 16.5. The Morgan fingerprint density at radius 1 is 1.03 bits per heavy atom. The van der Waals surface area contributed by atoms with Gasteiger partial charge >= 0.3 is 0 Å². The molecule has 0 unspecified atom stereocenters. The molecule has 0 atom stereocenters. The van der Waals surface area contributed by atoms with Crippen molar-refractivity contribution in [2.75, 3.05) is 56.9 Å². The molecule has 0 saturated carbocycles. The van der Waals surface area contributed by atoms with Gasteiger partial charge in [0.2, 0.25) is 5.95 Å². The zero-order valence-electron chi connectivity index (χ0n) is 17.8. The molecule has 1 aromatic heterocycles. The molecule has 0 spiro atoms. The van der Waals surface area contributed by atoms with Gasteiger partial charge in [-0.3, -0.25) is 4.79 Å². The Morgan fingerprint density at radius 2 is 1.81 bits per heavy atom. The maximum Gasteiger partial charge on any atom is 0.282 e. The predicted molar refractivity (Wildman–Crippen MR) is 120 cm³/mol. The van der Waals surface area contributed by atoms with Crippen molar-refractivity contribution in [1.82, 2.24) is 9.97 Å². The number of hydrogen-bond acceptors (Lipinski definition) is 7. The number of hydrogen-bond donors (Lipinski definition) is 1. The van der Waals surface area contributed by atoms with E-state index in [1.807, 2.05) is 0 Å². The number of methoxy groups -OCH3 is 2. The summed E-state index contributed by atoms with van der Waals surface area (Å²) < 4.78 is 16.2. The van der Waals surface area contributed by atoms with Crippen molar-refractivity contribution >= 4 is 22.5 Å². The summed E-state index contributed by atoms with van der Waals surface area (Å²) in [5.74, 6) is 1.66. The zero-order chi connectivity index (χ0) is 21.4. The van der Waals surface area contributed by atoms with Gasteiger partial charge in [-0.05, 0) is 29.7 Å². The number of aromatic nitrogens is 2. The lowest BCUT2D eigenvalue weighted by Gasteiger charge is -2.35. The van der Waals surface area contributed by atoms with Crippen molar-refractivity contribution in [3.8, 4) is 11.5 Å². The quantitative estimate of drug-likeness (QED) is 0.691. The van der Waals surface area contributed by atoms with Gasteiger partial charge in [0.25, 0.3) is 5.56 Å². The first-order valence-corrected chi connectivity index (χ1v) is 10.5. The predicted octanol–water partition coefficient (Wildman–Crippen LogP) is 2.34. The monoisotopic (exact) mass is 422 g/mol. The van der Waals surface area contributed by atoms with E-state index in [4.69, 9.17) is 14.2 Å². The number of aromatic amines is 1. The van der Waals surface area contributed by atoms with E-state index in [2.05, 4.69) is 38.0 Å². The van der Waals surface area contributed by atoms with Gasteiger partial charge in [0, 0.05) is 37.9 Å².